The molecule has 2 aliphatic rings. The number of alkyl halides is 2. The zero-order valence-electron chi connectivity index (χ0n) is 28.0. The molecule has 1 atom stereocenters. The number of nitrogens with one attached hydrogen (secondary N) is 1. The molecule has 45 heavy (non-hydrogen) atoms. The molecule has 4 rings (SSSR count). The maximum absolute atomic E-state index is 14.0. The topological polar surface area (TPSA) is 76.5 Å². The molecule has 246 valence electrons. The van der Waals surface area contributed by atoms with E-state index in [-0.39, 0.29) is 18.3 Å². The number of ketones is 1. The number of allylic oxidation sites excluding steroid dienone is 4. The van der Waals surface area contributed by atoms with Gasteiger partial charge in [-0.05, 0) is 76.8 Å². The van der Waals surface area contributed by atoms with Gasteiger partial charge in [-0.25, -0.2) is 28.1 Å². The van der Waals surface area contributed by atoms with E-state index in [0.717, 1.165) is 18.9 Å². The number of carbonyl (C=O) groups is 1. The van der Waals surface area contributed by atoms with E-state index in [1.165, 1.54) is 32.3 Å². The zero-order chi connectivity index (χ0) is 33.6. The highest BCUT2D eigenvalue weighted by atomic mass is 19.3. The van der Waals surface area contributed by atoms with Gasteiger partial charge < -0.3 is 10.1 Å². The lowest BCUT2D eigenvalue weighted by molar-refractivity contribution is -0.116. The second kappa shape index (κ2) is 17.7. The molecule has 1 N–H and O–H groups in total. The van der Waals surface area contributed by atoms with Crippen molar-refractivity contribution in [2.24, 2.45) is 10.4 Å². The molecule has 1 fully saturated rings. The molecular formula is C36H49F3N4O2. The molecule has 1 aromatic heterocycles. The Bertz CT molecular complexity index is 1370. The first-order valence-corrected chi connectivity index (χ1v) is 15.8. The summed E-state index contributed by atoms with van der Waals surface area (Å²) in [5.74, 6) is -1.63. The van der Waals surface area contributed by atoms with Crippen LogP contribution in [0.5, 0.6) is 0 Å². The average Bonchev–Trinajstić information content (AvgIpc) is 3.82. The van der Waals surface area contributed by atoms with Crippen molar-refractivity contribution in [3.05, 3.63) is 77.4 Å². The molecule has 1 aliphatic carbocycles. The molecule has 0 saturated heterocycles. The largest absolute Gasteiger partial charge is 0.494 e. The first-order chi connectivity index (χ1) is 21.3. The standard InChI is InChI=1S/C18H19FN4O.C13H18F2O.C5H12/c1-4-17(20-5-2)23-18-21-10-15(11-22-18)13-6-7-14(8-12(3)24)16(19)9-13;1-9-4-5-10(2)16-11(8-9)13(6-7-13)12(3,14)15;1-3-5-4-2/h4-7,9-11H,8H2,1-3H3,(H,21,22,23);4,8,10H,5-7H2,1-3H3;3-5H2,1-2H3/b17-4+,20-5-;;. The van der Waals surface area contributed by atoms with Crippen molar-refractivity contribution in [2.45, 2.75) is 112 Å². The van der Waals surface area contributed by atoms with Crippen LogP contribution < -0.4 is 5.32 Å². The fourth-order valence-corrected chi connectivity index (χ4v) is 4.66. The Morgan fingerprint density at radius 2 is 1.80 bits per heavy atom. The average molecular weight is 627 g/mol. The number of nitrogens with zero attached hydrogens (tertiary/aromatic N) is 3. The second-order valence-corrected chi connectivity index (χ2v) is 11.6. The van der Waals surface area contributed by atoms with Gasteiger partial charge in [-0.3, -0.25) is 4.79 Å². The second-order valence-electron chi connectivity index (χ2n) is 11.6. The van der Waals surface area contributed by atoms with E-state index < -0.39 is 17.2 Å². The predicted molar refractivity (Wildman–Crippen MR) is 178 cm³/mol. The van der Waals surface area contributed by atoms with E-state index in [1.807, 2.05) is 33.8 Å². The molecule has 2 heterocycles. The van der Waals surface area contributed by atoms with Crippen LogP contribution in [0.15, 0.2) is 71.0 Å². The molecule has 1 unspecified atom stereocenters. The lowest BCUT2D eigenvalue weighted by Crippen LogP contribution is -2.30. The third-order valence-corrected chi connectivity index (χ3v) is 7.49. The third-order valence-electron chi connectivity index (χ3n) is 7.49. The van der Waals surface area contributed by atoms with E-state index in [0.29, 0.717) is 47.1 Å². The molecule has 0 amide bonds. The van der Waals surface area contributed by atoms with E-state index >= 15 is 0 Å². The molecular weight excluding hydrogens is 577 g/mol. The molecule has 9 heteroatoms. The van der Waals surface area contributed by atoms with Crippen molar-refractivity contribution in [1.29, 1.82) is 0 Å². The van der Waals surface area contributed by atoms with E-state index in [4.69, 9.17) is 4.74 Å². The van der Waals surface area contributed by atoms with Crippen LogP contribution in [0, 0.1) is 11.2 Å². The number of hydrogen-bond acceptors (Lipinski definition) is 6. The Kier molecular flexibility index (Phi) is 14.7. The molecule has 1 aromatic carbocycles. The number of aliphatic imine (C=N–C) groups is 1. The molecule has 1 saturated carbocycles. The van der Waals surface area contributed by atoms with Gasteiger partial charge in [0.2, 0.25) is 5.95 Å². The van der Waals surface area contributed by atoms with Gasteiger partial charge in [0.15, 0.2) is 0 Å². The Balaban J connectivity index is 0.000000288. The van der Waals surface area contributed by atoms with E-state index in [9.17, 15) is 18.0 Å². The normalized spacial score (nSPS) is 17.4. The van der Waals surface area contributed by atoms with Crippen LogP contribution in [0.3, 0.4) is 0 Å². The predicted octanol–water partition coefficient (Wildman–Crippen LogP) is 10.0. The van der Waals surface area contributed by atoms with Gasteiger partial charge >= 0.3 is 0 Å². The van der Waals surface area contributed by atoms with Crippen LogP contribution in [0.25, 0.3) is 11.1 Å². The summed E-state index contributed by atoms with van der Waals surface area (Å²) in [6, 6.07) is 4.76. The zero-order valence-corrected chi connectivity index (χ0v) is 28.0. The van der Waals surface area contributed by atoms with Crippen molar-refractivity contribution in [2.75, 3.05) is 5.32 Å². The minimum Gasteiger partial charge on any atom is -0.494 e. The van der Waals surface area contributed by atoms with Crippen molar-refractivity contribution in [3.63, 3.8) is 0 Å². The van der Waals surface area contributed by atoms with Gasteiger partial charge in [0.1, 0.15) is 23.2 Å². The maximum atomic E-state index is 14.0. The summed E-state index contributed by atoms with van der Waals surface area (Å²) in [5, 5.41) is 2.98. The quantitative estimate of drug-likeness (QED) is 0.266. The third kappa shape index (κ3) is 11.6. The summed E-state index contributed by atoms with van der Waals surface area (Å²) in [6.07, 6.45) is 16.5. The first-order valence-electron chi connectivity index (χ1n) is 15.8. The van der Waals surface area contributed by atoms with Crippen LogP contribution in [0.1, 0.15) is 99.5 Å². The fourth-order valence-electron chi connectivity index (χ4n) is 4.66. The number of aromatic nitrogens is 2. The number of rotatable bonds is 10. The fraction of sp³-hybridized carbons (Fsp3) is 0.500. The Labute approximate surface area is 267 Å². The number of halogens is 3. The summed E-state index contributed by atoms with van der Waals surface area (Å²) < 4.78 is 46.9. The van der Waals surface area contributed by atoms with Gasteiger partial charge in [-0.2, -0.15) is 0 Å². The highest BCUT2D eigenvalue weighted by Crippen LogP contribution is 2.62. The Morgan fingerprint density at radius 3 is 2.27 bits per heavy atom. The molecule has 1 aliphatic heterocycles. The van der Waals surface area contributed by atoms with Gasteiger partial charge in [0.05, 0.1) is 11.5 Å². The SMILES string of the molecule is C/C=N\C(=C/C)Nc1ncc(-c2ccc(CC(C)=O)c(F)c2)cn1.CC1=CCC(C)OC(C2(C(C)(F)F)CC2)=C1.CCCCC. The highest BCUT2D eigenvalue weighted by molar-refractivity contribution is 5.78. The minimum absolute atomic E-state index is 0.0106. The van der Waals surface area contributed by atoms with Crippen molar-refractivity contribution < 1.29 is 22.7 Å². The van der Waals surface area contributed by atoms with Gasteiger partial charge in [-0.1, -0.05) is 56.9 Å². The molecule has 0 spiro atoms. The number of Topliss-reactive ketones (excluding diaryl/α,β-unsaturated/α-hetero) is 1. The number of unbranched alkanes of at least 4 members (excludes halogenated alkanes) is 2. The lowest BCUT2D eigenvalue weighted by atomic mass is 9.95. The minimum atomic E-state index is -2.69. The lowest BCUT2D eigenvalue weighted by Gasteiger charge is -2.27. The van der Waals surface area contributed by atoms with Crippen LogP contribution in [-0.2, 0) is 16.0 Å². The first kappa shape index (κ1) is 37.4. The highest BCUT2D eigenvalue weighted by Gasteiger charge is 2.63. The molecule has 6 nitrogen and oxygen atoms in total. The molecule has 0 bridgehead atoms. The Morgan fingerprint density at radius 1 is 1.16 bits per heavy atom. The van der Waals surface area contributed by atoms with Gasteiger partial charge in [-0.15, -0.1) is 0 Å². The van der Waals surface area contributed by atoms with Crippen molar-refractivity contribution >= 4 is 17.9 Å². The van der Waals surface area contributed by atoms with Crippen LogP contribution in [0.2, 0.25) is 0 Å². The number of carbonyl (C=O) groups excluding carboxylic acids is 1. The Hall–Kier alpha value is -3.75. The van der Waals surface area contributed by atoms with Crippen molar-refractivity contribution in [1.82, 2.24) is 9.97 Å². The van der Waals surface area contributed by atoms with E-state index in [1.54, 1.807) is 42.9 Å². The number of anilines is 1. The molecule has 2 aromatic rings. The van der Waals surface area contributed by atoms with Gasteiger partial charge in [0, 0.05) is 43.9 Å². The van der Waals surface area contributed by atoms with Crippen LogP contribution >= 0.6 is 0 Å². The number of ether oxygens (including phenoxy) is 1. The summed E-state index contributed by atoms with van der Waals surface area (Å²) >= 11 is 0. The van der Waals surface area contributed by atoms with Crippen LogP contribution in [0.4, 0.5) is 19.1 Å². The smallest absolute Gasteiger partial charge is 0.257 e. The molecule has 0 radical (unpaired) electrons. The summed E-state index contributed by atoms with van der Waals surface area (Å²) in [6.45, 7) is 14.4. The monoisotopic (exact) mass is 626 g/mol. The van der Waals surface area contributed by atoms with Gasteiger partial charge in [0.25, 0.3) is 5.92 Å². The van der Waals surface area contributed by atoms with Crippen LogP contribution in [-0.4, -0.2) is 34.0 Å². The van der Waals surface area contributed by atoms with E-state index in [2.05, 4.69) is 34.1 Å². The van der Waals surface area contributed by atoms with Crippen molar-refractivity contribution in [3.8, 4) is 11.1 Å². The summed E-state index contributed by atoms with van der Waals surface area (Å²) in [5.41, 5.74) is 1.73. The number of hydrogen-bond donors (Lipinski definition) is 1. The number of benzene rings is 1. The maximum Gasteiger partial charge on any atom is 0.257 e. The summed E-state index contributed by atoms with van der Waals surface area (Å²) in [4.78, 5) is 23.7. The summed E-state index contributed by atoms with van der Waals surface area (Å²) in [7, 11) is 0.